The third kappa shape index (κ3) is 19.2. The number of rotatable bonds is 2. The molecule has 0 aromatic heterocycles. The van der Waals surface area contributed by atoms with Crippen molar-refractivity contribution < 1.29 is 18.9 Å². The van der Waals surface area contributed by atoms with Crippen molar-refractivity contribution in [2.75, 3.05) is 13.1 Å². The first-order valence-electron chi connectivity index (χ1n) is 2.05. The van der Waals surface area contributed by atoms with Gasteiger partial charge in [-0.3, -0.25) is 0 Å². The minimum absolute atomic E-state index is 0. The molecular formula is C4H13AlLiN. The minimum atomic E-state index is 0. The van der Waals surface area contributed by atoms with Gasteiger partial charge in [-0.1, -0.05) is 13.8 Å². The molecule has 0 radical (unpaired) electrons. The molecule has 0 aromatic rings. The molecule has 38 valence electrons. The SMILES string of the molecule is CC[N-]CC.[AlH3].[Li+]. The summed E-state index contributed by atoms with van der Waals surface area (Å²) in [4.78, 5) is 0. The molecule has 0 amide bonds. The predicted octanol–water partition coefficient (Wildman–Crippen LogP) is -2.78. The predicted molar refractivity (Wildman–Crippen MR) is 34.4 cm³/mol. The van der Waals surface area contributed by atoms with Crippen molar-refractivity contribution in [2.45, 2.75) is 13.8 Å². The number of nitrogens with zero attached hydrogens (tertiary/aromatic N) is 1. The second-order valence-electron chi connectivity index (χ2n) is 0.856. The van der Waals surface area contributed by atoms with Gasteiger partial charge in [0.15, 0.2) is 17.4 Å². The van der Waals surface area contributed by atoms with Crippen LogP contribution in [0.3, 0.4) is 0 Å². The summed E-state index contributed by atoms with van der Waals surface area (Å²) in [5, 5.41) is 3.97. The van der Waals surface area contributed by atoms with E-state index in [4.69, 9.17) is 0 Å². The molecule has 0 fully saturated rings. The van der Waals surface area contributed by atoms with Gasteiger partial charge in [-0.2, -0.15) is 13.1 Å². The Morgan fingerprint density at radius 2 is 1.43 bits per heavy atom. The summed E-state index contributed by atoms with van der Waals surface area (Å²) in [6, 6.07) is 0. The van der Waals surface area contributed by atoms with Crippen molar-refractivity contribution in [1.29, 1.82) is 0 Å². The topological polar surface area (TPSA) is 14.1 Å². The van der Waals surface area contributed by atoms with Crippen LogP contribution in [-0.2, 0) is 0 Å². The molecule has 0 bridgehead atoms. The van der Waals surface area contributed by atoms with Gasteiger partial charge in [0, 0.05) is 0 Å². The van der Waals surface area contributed by atoms with E-state index in [-0.39, 0.29) is 36.2 Å². The molecule has 0 atom stereocenters. The molecule has 0 aromatic carbocycles. The van der Waals surface area contributed by atoms with E-state index >= 15 is 0 Å². The molecule has 0 aliphatic rings. The van der Waals surface area contributed by atoms with E-state index in [2.05, 4.69) is 5.32 Å². The third-order valence-electron chi connectivity index (χ3n) is 0.447. The van der Waals surface area contributed by atoms with Crippen LogP contribution >= 0.6 is 0 Å². The average Bonchev–Trinajstić information content (AvgIpc) is 1.41. The molecule has 0 aliphatic heterocycles. The van der Waals surface area contributed by atoms with E-state index in [0.717, 1.165) is 13.1 Å². The Morgan fingerprint density at radius 1 is 1.14 bits per heavy atom. The van der Waals surface area contributed by atoms with Crippen LogP contribution in [0.25, 0.3) is 5.32 Å². The van der Waals surface area contributed by atoms with Crippen LogP contribution in [0.5, 0.6) is 0 Å². The molecule has 3 heteroatoms. The number of hydrogen-bond donors (Lipinski definition) is 0. The van der Waals surface area contributed by atoms with Gasteiger partial charge in [-0.05, 0) is 0 Å². The Morgan fingerprint density at radius 3 is 1.43 bits per heavy atom. The van der Waals surface area contributed by atoms with Crippen LogP contribution in [0.4, 0.5) is 0 Å². The smallest absolute Gasteiger partial charge is 0.663 e. The van der Waals surface area contributed by atoms with E-state index in [0.29, 0.717) is 0 Å². The van der Waals surface area contributed by atoms with Crippen molar-refractivity contribution in [1.82, 2.24) is 0 Å². The maximum Gasteiger partial charge on any atom is 1.00 e. The zero-order valence-corrected chi connectivity index (χ0v) is 4.86. The van der Waals surface area contributed by atoms with Gasteiger partial charge in [0.2, 0.25) is 0 Å². The minimum Gasteiger partial charge on any atom is -0.663 e. The first-order chi connectivity index (χ1) is 2.41. The third-order valence-corrected chi connectivity index (χ3v) is 0.447. The molecule has 0 N–H and O–H groups in total. The largest absolute Gasteiger partial charge is 1.00 e. The molecule has 0 aliphatic carbocycles. The molecule has 0 unspecified atom stereocenters. The van der Waals surface area contributed by atoms with Gasteiger partial charge in [0.1, 0.15) is 0 Å². The Bertz CT molecular complexity index is 19.2. The quantitative estimate of drug-likeness (QED) is 0.341. The normalized spacial score (nSPS) is 6.00. The summed E-state index contributed by atoms with van der Waals surface area (Å²) in [6.45, 7) is 6.03. The van der Waals surface area contributed by atoms with Gasteiger partial charge < -0.3 is 5.32 Å². The first kappa shape index (κ1) is 15.7. The van der Waals surface area contributed by atoms with Crippen molar-refractivity contribution >= 4 is 17.4 Å². The average molecular weight is 109 g/mol. The number of hydrogen-bond acceptors (Lipinski definition) is 0. The van der Waals surface area contributed by atoms with Crippen molar-refractivity contribution in [3.8, 4) is 0 Å². The van der Waals surface area contributed by atoms with E-state index in [1.54, 1.807) is 0 Å². The van der Waals surface area contributed by atoms with Crippen molar-refractivity contribution in [2.24, 2.45) is 0 Å². The fourth-order valence-electron chi connectivity index (χ4n) is 0.224. The Balaban J connectivity index is -0.0000000800. The van der Waals surface area contributed by atoms with Gasteiger partial charge in [0.05, 0.1) is 0 Å². The second kappa shape index (κ2) is 15.7. The summed E-state index contributed by atoms with van der Waals surface area (Å²) in [5.41, 5.74) is 0. The zero-order chi connectivity index (χ0) is 4.12. The second-order valence-corrected chi connectivity index (χ2v) is 0.856. The summed E-state index contributed by atoms with van der Waals surface area (Å²) in [7, 11) is 0. The monoisotopic (exact) mass is 109 g/mol. The standard InChI is InChI=1S/C4H10N.Al.Li.3H/c1-3-5-4-2;;;;;/h3-4H2,1-2H3;;;;;/q-1;;+1;;;. The molecular weight excluding hydrogens is 96.0 g/mol. The van der Waals surface area contributed by atoms with Crippen LogP contribution in [0.15, 0.2) is 0 Å². The zero-order valence-electron chi connectivity index (χ0n) is 4.86. The van der Waals surface area contributed by atoms with Crippen LogP contribution in [0.2, 0.25) is 0 Å². The summed E-state index contributed by atoms with van der Waals surface area (Å²) < 4.78 is 0. The van der Waals surface area contributed by atoms with Crippen LogP contribution in [-0.4, -0.2) is 30.5 Å². The molecule has 0 heterocycles. The maximum atomic E-state index is 3.97. The van der Waals surface area contributed by atoms with E-state index in [1.807, 2.05) is 13.8 Å². The molecule has 0 saturated heterocycles. The van der Waals surface area contributed by atoms with Gasteiger partial charge in [-0.25, -0.2) is 0 Å². The molecule has 0 rings (SSSR count). The Hall–Kier alpha value is 1.09. The molecule has 0 saturated carbocycles. The first-order valence-corrected chi connectivity index (χ1v) is 2.05. The van der Waals surface area contributed by atoms with Crippen LogP contribution < -0.4 is 18.9 Å². The van der Waals surface area contributed by atoms with Gasteiger partial charge in [-0.15, -0.1) is 0 Å². The fraction of sp³-hybridized carbons (Fsp3) is 1.00. The Labute approximate surface area is 68.6 Å². The van der Waals surface area contributed by atoms with Crippen molar-refractivity contribution in [3.63, 3.8) is 0 Å². The van der Waals surface area contributed by atoms with E-state index < -0.39 is 0 Å². The van der Waals surface area contributed by atoms with Crippen LogP contribution in [0.1, 0.15) is 13.8 Å². The van der Waals surface area contributed by atoms with E-state index in [9.17, 15) is 0 Å². The van der Waals surface area contributed by atoms with Crippen LogP contribution in [0, 0.1) is 0 Å². The van der Waals surface area contributed by atoms with E-state index in [1.165, 1.54) is 0 Å². The van der Waals surface area contributed by atoms with Gasteiger partial charge in [0.25, 0.3) is 0 Å². The fourth-order valence-corrected chi connectivity index (χ4v) is 0.224. The summed E-state index contributed by atoms with van der Waals surface area (Å²) in [6.07, 6.45) is 0. The molecule has 1 nitrogen and oxygen atoms in total. The summed E-state index contributed by atoms with van der Waals surface area (Å²) >= 11 is 0. The van der Waals surface area contributed by atoms with Crippen molar-refractivity contribution in [3.05, 3.63) is 5.32 Å². The molecule has 0 spiro atoms. The van der Waals surface area contributed by atoms with Gasteiger partial charge >= 0.3 is 18.9 Å². The Kier molecular flexibility index (Phi) is 35.2. The molecule has 7 heavy (non-hydrogen) atoms. The summed E-state index contributed by atoms with van der Waals surface area (Å²) in [5.74, 6) is 0. The maximum absolute atomic E-state index is 3.97.